The van der Waals surface area contributed by atoms with Crippen molar-refractivity contribution >= 4 is 65.6 Å². The molecule has 9 aromatic rings. The summed E-state index contributed by atoms with van der Waals surface area (Å²) in [4.78, 5) is 0. The van der Waals surface area contributed by atoms with Gasteiger partial charge >= 0.3 is 0 Å². The van der Waals surface area contributed by atoms with Crippen LogP contribution >= 0.6 is 0 Å². The second-order valence-corrected chi connectivity index (χ2v) is 11.4. The topological polar surface area (TPSA) is 118 Å². The molecule has 3 aromatic heterocycles. The van der Waals surface area contributed by atoms with E-state index < -0.39 is 0 Å². The molecular weight excluding hydrogens is 580 g/mol. The molecule has 7 nitrogen and oxygen atoms in total. The number of para-hydroxylation sites is 2. The second-order valence-electron chi connectivity index (χ2n) is 11.4. The highest BCUT2D eigenvalue weighted by atomic mass is 16.3. The summed E-state index contributed by atoms with van der Waals surface area (Å²) in [6.45, 7) is 0. The third-order valence-electron chi connectivity index (χ3n) is 9.01. The average molecular weight is 599 g/mol. The predicted octanol–water partition coefficient (Wildman–Crippen LogP) is 9.27. The first-order chi connectivity index (χ1) is 23.1. The van der Waals surface area contributed by atoms with E-state index in [1.807, 2.05) is 78.9 Å². The molecule has 0 aliphatic rings. The summed E-state index contributed by atoms with van der Waals surface area (Å²) in [5.74, 6) is 0. The number of fused-ring (bicyclic) bond motifs is 10. The highest BCUT2D eigenvalue weighted by Crippen LogP contribution is 2.43. The number of rotatable bonds is 2. The highest BCUT2D eigenvalue weighted by Gasteiger charge is 2.23. The van der Waals surface area contributed by atoms with Gasteiger partial charge in [-0.2, -0.15) is 21.0 Å². The van der Waals surface area contributed by atoms with Gasteiger partial charge in [0.25, 0.3) is 0 Å². The Morgan fingerprint density at radius 2 is 1.06 bits per heavy atom. The summed E-state index contributed by atoms with van der Waals surface area (Å²) in [6, 6.07) is 44.0. The number of nitriles is 4. The normalized spacial score (nSPS) is 11.3. The highest BCUT2D eigenvalue weighted by molar-refractivity contribution is 6.26. The van der Waals surface area contributed by atoms with E-state index in [1.165, 1.54) is 0 Å². The Bertz CT molecular complexity index is 2950. The molecule has 7 heteroatoms. The van der Waals surface area contributed by atoms with Crippen LogP contribution in [0.15, 0.2) is 114 Å². The molecule has 0 saturated heterocycles. The first kappa shape index (κ1) is 26.1. The van der Waals surface area contributed by atoms with E-state index in [4.69, 9.17) is 4.42 Å². The SMILES string of the molecule is N#Cc1ccc2c(c1)c1cc(C#N)ccc1n2-c1cccc(-n2c3ccccc3c3cc(C#N)c4oc5c(C#N)cccc5c4c32)c1. The van der Waals surface area contributed by atoms with E-state index >= 15 is 0 Å². The van der Waals surface area contributed by atoms with Crippen LogP contribution in [0.2, 0.25) is 0 Å². The molecule has 6 aromatic carbocycles. The summed E-state index contributed by atoms with van der Waals surface area (Å²) < 4.78 is 10.6. The van der Waals surface area contributed by atoms with Crippen molar-refractivity contribution in [3.05, 3.63) is 131 Å². The first-order valence-electron chi connectivity index (χ1n) is 14.8. The van der Waals surface area contributed by atoms with Gasteiger partial charge in [0.05, 0.1) is 61.8 Å². The van der Waals surface area contributed by atoms with Gasteiger partial charge in [-0.25, -0.2) is 0 Å². The lowest BCUT2D eigenvalue weighted by atomic mass is 10.0. The predicted molar refractivity (Wildman–Crippen MR) is 181 cm³/mol. The van der Waals surface area contributed by atoms with Crippen molar-refractivity contribution in [1.82, 2.24) is 9.13 Å². The maximum Gasteiger partial charge on any atom is 0.155 e. The zero-order valence-electron chi connectivity index (χ0n) is 24.5. The molecule has 0 spiro atoms. The zero-order chi connectivity index (χ0) is 31.8. The summed E-state index contributed by atoms with van der Waals surface area (Å²) in [6.07, 6.45) is 0. The van der Waals surface area contributed by atoms with Gasteiger partial charge in [0.2, 0.25) is 0 Å². The molecule has 9 rings (SSSR count). The molecule has 0 amide bonds. The van der Waals surface area contributed by atoms with Crippen LogP contribution < -0.4 is 0 Å². The van der Waals surface area contributed by atoms with Crippen molar-refractivity contribution < 1.29 is 4.42 Å². The number of furan rings is 1. The van der Waals surface area contributed by atoms with E-state index in [-0.39, 0.29) is 0 Å². The monoisotopic (exact) mass is 598 g/mol. The van der Waals surface area contributed by atoms with Gasteiger partial charge in [-0.05, 0) is 72.8 Å². The fraction of sp³-hybridized carbons (Fsp3) is 0. The van der Waals surface area contributed by atoms with Crippen LogP contribution in [0.3, 0.4) is 0 Å². The van der Waals surface area contributed by atoms with E-state index in [0.717, 1.165) is 65.8 Å². The van der Waals surface area contributed by atoms with Crippen LogP contribution in [-0.4, -0.2) is 9.13 Å². The zero-order valence-corrected chi connectivity index (χ0v) is 24.5. The molecule has 0 radical (unpaired) electrons. The maximum atomic E-state index is 10.2. The number of hydrogen-bond donors (Lipinski definition) is 0. The van der Waals surface area contributed by atoms with Gasteiger partial charge in [0.15, 0.2) is 11.2 Å². The molecule has 0 aliphatic carbocycles. The molecule has 0 bridgehead atoms. The lowest BCUT2D eigenvalue weighted by Crippen LogP contribution is -1.99. The summed E-state index contributed by atoms with van der Waals surface area (Å²) in [5.41, 5.74) is 8.27. The first-order valence-corrected chi connectivity index (χ1v) is 14.8. The molecule has 0 fully saturated rings. The van der Waals surface area contributed by atoms with Gasteiger partial charge in [-0.15, -0.1) is 0 Å². The van der Waals surface area contributed by atoms with Crippen molar-refractivity contribution in [3.8, 4) is 35.7 Å². The van der Waals surface area contributed by atoms with E-state index in [2.05, 4.69) is 57.7 Å². The Morgan fingerprint density at radius 1 is 0.447 bits per heavy atom. The number of nitrogens with zero attached hydrogens (tertiary/aromatic N) is 6. The van der Waals surface area contributed by atoms with Crippen LogP contribution in [0, 0.1) is 45.3 Å². The van der Waals surface area contributed by atoms with Gasteiger partial charge in [-0.3, -0.25) is 0 Å². The van der Waals surface area contributed by atoms with Crippen LogP contribution in [-0.2, 0) is 0 Å². The van der Waals surface area contributed by atoms with Gasteiger partial charge < -0.3 is 13.6 Å². The van der Waals surface area contributed by atoms with Gasteiger partial charge in [0.1, 0.15) is 12.1 Å². The lowest BCUT2D eigenvalue weighted by molar-refractivity contribution is 0.666. The number of aromatic nitrogens is 2. The van der Waals surface area contributed by atoms with Crippen LogP contribution in [0.4, 0.5) is 0 Å². The fourth-order valence-corrected chi connectivity index (χ4v) is 7.06. The fourth-order valence-electron chi connectivity index (χ4n) is 7.06. The Kier molecular flexibility index (Phi) is 5.33. The molecule has 47 heavy (non-hydrogen) atoms. The molecule has 0 aliphatic heterocycles. The molecule has 0 atom stereocenters. The minimum absolute atomic E-state index is 0.406. The summed E-state index contributed by atoms with van der Waals surface area (Å²) in [7, 11) is 0. The molecular formula is C40H18N6O. The lowest BCUT2D eigenvalue weighted by Gasteiger charge is -2.13. The number of benzene rings is 6. The van der Waals surface area contributed by atoms with Crippen LogP contribution in [0.1, 0.15) is 22.3 Å². The van der Waals surface area contributed by atoms with Gasteiger partial charge in [0, 0.05) is 38.3 Å². The van der Waals surface area contributed by atoms with E-state index in [1.54, 1.807) is 6.07 Å². The van der Waals surface area contributed by atoms with Crippen molar-refractivity contribution in [3.63, 3.8) is 0 Å². The van der Waals surface area contributed by atoms with Crippen LogP contribution in [0.25, 0.3) is 76.9 Å². The average Bonchev–Trinajstić information content (AvgIpc) is 3.78. The third kappa shape index (κ3) is 3.51. The minimum atomic E-state index is 0.406. The van der Waals surface area contributed by atoms with Gasteiger partial charge in [-0.1, -0.05) is 36.4 Å². The van der Waals surface area contributed by atoms with Crippen LogP contribution in [0.5, 0.6) is 0 Å². The maximum absolute atomic E-state index is 10.2. The number of hydrogen-bond acceptors (Lipinski definition) is 5. The molecule has 0 saturated carbocycles. The largest absolute Gasteiger partial charge is 0.453 e. The molecule has 0 N–H and O–H groups in total. The standard InChI is InChI=1S/C40H18N6O/c41-19-23-11-13-35-31(15-23)32-16-24(20-42)12-14-36(32)45(35)27-6-4-7-28(18-27)46-34-10-2-1-8-29(34)33-17-26(22-44)40-37(38(33)46)30-9-3-5-25(21-43)39(30)47-40/h1-18H. The Hall–Kier alpha value is -7.32. The van der Waals surface area contributed by atoms with Crippen molar-refractivity contribution in [2.24, 2.45) is 0 Å². The quantitative estimate of drug-likeness (QED) is 0.196. The Morgan fingerprint density at radius 3 is 1.74 bits per heavy atom. The Labute approximate surface area is 266 Å². The van der Waals surface area contributed by atoms with Crippen molar-refractivity contribution in [2.75, 3.05) is 0 Å². The van der Waals surface area contributed by atoms with E-state index in [0.29, 0.717) is 33.4 Å². The van der Waals surface area contributed by atoms with Crippen molar-refractivity contribution in [2.45, 2.75) is 0 Å². The molecule has 0 unspecified atom stereocenters. The van der Waals surface area contributed by atoms with E-state index in [9.17, 15) is 21.0 Å². The van der Waals surface area contributed by atoms with Crippen molar-refractivity contribution in [1.29, 1.82) is 21.0 Å². The summed E-state index contributed by atoms with van der Waals surface area (Å²) in [5, 5.41) is 44.6. The molecule has 3 heterocycles. The minimum Gasteiger partial charge on any atom is -0.453 e. The smallest absolute Gasteiger partial charge is 0.155 e. The summed E-state index contributed by atoms with van der Waals surface area (Å²) >= 11 is 0. The molecule has 214 valence electrons. The second kappa shape index (κ2) is 9.59. The Balaban J connectivity index is 1.41. The third-order valence-corrected chi connectivity index (χ3v) is 9.01.